The van der Waals surface area contributed by atoms with Crippen LogP contribution in [-0.2, 0) is 6.54 Å². The van der Waals surface area contributed by atoms with Crippen LogP contribution in [0.1, 0.15) is 49.0 Å². The van der Waals surface area contributed by atoms with Gasteiger partial charge in [-0.25, -0.2) is 0 Å². The highest BCUT2D eigenvalue weighted by Crippen LogP contribution is 2.38. The number of nitrogens with two attached hydrogens (primary N) is 1. The molecule has 2 N–H and O–H groups in total. The number of aromatic nitrogens is 3. The Balaban J connectivity index is 1.71. The summed E-state index contributed by atoms with van der Waals surface area (Å²) in [6.07, 6.45) is 6.38. The predicted molar refractivity (Wildman–Crippen MR) is 62.4 cm³/mol. The van der Waals surface area contributed by atoms with E-state index in [0.29, 0.717) is 12.5 Å². The number of rotatable bonds is 4. The topological polar surface area (TPSA) is 69.9 Å². The van der Waals surface area contributed by atoms with Gasteiger partial charge < -0.3 is 14.8 Å². The molecule has 90 valence electrons. The highest BCUT2D eigenvalue weighted by molar-refractivity contribution is 5.14. The van der Waals surface area contributed by atoms with Gasteiger partial charge in [-0.05, 0) is 31.4 Å². The number of nitrogens with zero attached hydrogens (tertiary/aromatic N) is 3. The Kier molecular flexibility index (Phi) is 2.48. The van der Waals surface area contributed by atoms with E-state index in [9.17, 15) is 0 Å². The van der Waals surface area contributed by atoms with Crippen molar-refractivity contribution < 1.29 is 4.52 Å². The minimum Gasteiger partial charge on any atom is -0.346 e. The molecule has 5 nitrogen and oxygen atoms in total. The lowest BCUT2D eigenvalue weighted by Crippen LogP contribution is -2.04. The summed E-state index contributed by atoms with van der Waals surface area (Å²) in [6, 6.07) is 2.08. The predicted octanol–water partition coefficient (Wildman–Crippen LogP) is 1.82. The second-order valence-corrected chi connectivity index (χ2v) is 4.73. The van der Waals surface area contributed by atoms with Crippen molar-refractivity contribution in [1.29, 1.82) is 0 Å². The highest BCUT2D eigenvalue weighted by atomic mass is 16.5. The fraction of sp³-hybridized carbons (Fsp3) is 0.500. The molecule has 0 radical (unpaired) electrons. The summed E-state index contributed by atoms with van der Waals surface area (Å²) < 4.78 is 7.24. The second kappa shape index (κ2) is 4.00. The van der Waals surface area contributed by atoms with Crippen LogP contribution in [-0.4, -0.2) is 14.7 Å². The third-order valence-electron chi connectivity index (χ3n) is 3.03. The van der Waals surface area contributed by atoms with Crippen LogP contribution in [0.5, 0.6) is 0 Å². The van der Waals surface area contributed by atoms with Gasteiger partial charge in [0.05, 0.1) is 6.54 Å². The average Bonchev–Trinajstić information content (AvgIpc) is 2.87. The van der Waals surface area contributed by atoms with E-state index in [-0.39, 0.29) is 6.04 Å². The molecule has 0 saturated heterocycles. The molecule has 1 saturated carbocycles. The van der Waals surface area contributed by atoms with E-state index in [1.807, 2.05) is 30.0 Å². The summed E-state index contributed by atoms with van der Waals surface area (Å²) in [5.41, 5.74) is 6.93. The van der Waals surface area contributed by atoms with Gasteiger partial charge in [-0.2, -0.15) is 4.98 Å². The zero-order valence-electron chi connectivity index (χ0n) is 9.84. The molecule has 0 spiro atoms. The molecule has 0 aromatic carbocycles. The van der Waals surface area contributed by atoms with Crippen molar-refractivity contribution in [3.63, 3.8) is 0 Å². The van der Waals surface area contributed by atoms with E-state index in [0.717, 1.165) is 17.3 Å². The Bertz CT molecular complexity index is 472. The van der Waals surface area contributed by atoms with Gasteiger partial charge >= 0.3 is 0 Å². The summed E-state index contributed by atoms with van der Waals surface area (Å²) in [5.74, 6) is 2.04. The summed E-state index contributed by atoms with van der Waals surface area (Å²) in [6.45, 7) is 2.61. The molecule has 2 heterocycles. The lowest BCUT2D eigenvalue weighted by Gasteiger charge is -2.00. The normalized spacial score (nSPS) is 17.3. The van der Waals surface area contributed by atoms with Crippen molar-refractivity contribution in [2.24, 2.45) is 5.73 Å². The summed E-state index contributed by atoms with van der Waals surface area (Å²) in [4.78, 5) is 4.39. The summed E-state index contributed by atoms with van der Waals surface area (Å²) in [7, 11) is 0. The molecule has 2 aromatic rings. The van der Waals surface area contributed by atoms with Gasteiger partial charge in [-0.1, -0.05) is 5.16 Å². The molecule has 1 aliphatic rings. The monoisotopic (exact) mass is 232 g/mol. The summed E-state index contributed by atoms with van der Waals surface area (Å²) in [5, 5.41) is 3.99. The molecule has 17 heavy (non-hydrogen) atoms. The van der Waals surface area contributed by atoms with E-state index in [1.165, 1.54) is 12.8 Å². The maximum absolute atomic E-state index is 5.81. The molecule has 1 unspecified atom stereocenters. The zero-order chi connectivity index (χ0) is 11.8. The van der Waals surface area contributed by atoms with Gasteiger partial charge in [0, 0.05) is 24.4 Å². The first-order valence-electron chi connectivity index (χ1n) is 5.96. The van der Waals surface area contributed by atoms with Crippen LogP contribution < -0.4 is 5.73 Å². The SMILES string of the molecule is CC(N)c1ccn(Cc2noc(C3CC3)n2)c1. The van der Waals surface area contributed by atoms with Crippen LogP contribution in [0.4, 0.5) is 0 Å². The Morgan fingerprint density at radius 3 is 3.06 bits per heavy atom. The first kappa shape index (κ1) is 10.5. The van der Waals surface area contributed by atoms with Crippen molar-refractivity contribution in [2.75, 3.05) is 0 Å². The first-order valence-corrected chi connectivity index (χ1v) is 5.96. The van der Waals surface area contributed by atoms with E-state index in [2.05, 4.69) is 10.1 Å². The Morgan fingerprint density at radius 2 is 2.41 bits per heavy atom. The van der Waals surface area contributed by atoms with Crippen LogP contribution in [0.25, 0.3) is 0 Å². The lowest BCUT2D eigenvalue weighted by atomic mass is 10.2. The van der Waals surface area contributed by atoms with Gasteiger partial charge in [0.25, 0.3) is 0 Å². The molecule has 5 heteroatoms. The van der Waals surface area contributed by atoms with Crippen LogP contribution >= 0.6 is 0 Å². The van der Waals surface area contributed by atoms with Crippen LogP contribution in [0.15, 0.2) is 23.0 Å². The molecule has 1 aliphatic carbocycles. The Labute approximate surface area is 99.6 Å². The molecular formula is C12H16N4O. The molecule has 1 atom stereocenters. The Hall–Kier alpha value is -1.62. The smallest absolute Gasteiger partial charge is 0.229 e. The number of hydrogen-bond acceptors (Lipinski definition) is 4. The maximum atomic E-state index is 5.81. The van der Waals surface area contributed by atoms with Crippen LogP contribution in [0.2, 0.25) is 0 Å². The van der Waals surface area contributed by atoms with Crippen molar-refractivity contribution in [3.8, 4) is 0 Å². The fourth-order valence-electron chi connectivity index (χ4n) is 1.82. The van der Waals surface area contributed by atoms with E-state index in [4.69, 9.17) is 10.3 Å². The minimum atomic E-state index is 0.0588. The quantitative estimate of drug-likeness (QED) is 0.872. The average molecular weight is 232 g/mol. The first-order chi connectivity index (χ1) is 8.22. The van der Waals surface area contributed by atoms with Crippen LogP contribution in [0, 0.1) is 0 Å². The maximum Gasteiger partial charge on any atom is 0.229 e. The zero-order valence-corrected chi connectivity index (χ0v) is 9.84. The third-order valence-corrected chi connectivity index (χ3v) is 3.03. The van der Waals surface area contributed by atoms with Gasteiger partial charge in [-0.15, -0.1) is 0 Å². The Morgan fingerprint density at radius 1 is 1.59 bits per heavy atom. The van der Waals surface area contributed by atoms with Gasteiger partial charge in [-0.3, -0.25) is 0 Å². The molecule has 0 aliphatic heterocycles. The van der Waals surface area contributed by atoms with Crippen molar-refractivity contribution in [1.82, 2.24) is 14.7 Å². The van der Waals surface area contributed by atoms with Crippen LogP contribution in [0.3, 0.4) is 0 Å². The summed E-state index contributed by atoms with van der Waals surface area (Å²) >= 11 is 0. The molecule has 1 fully saturated rings. The van der Waals surface area contributed by atoms with E-state index >= 15 is 0 Å². The minimum absolute atomic E-state index is 0.0588. The van der Waals surface area contributed by atoms with E-state index in [1.54, 1.807) is 0 Å². The molecular weight excluding hydrogens is 216 g/mol. The molecule has 2 aromatic heterocycles. The second-order valence-electron chi connectivity index (χ2n) is 4.73. The lowest BCUT2D eigenvalue weighted by molar-refractivity contribution is 0.373. The molecule has 3 rings (SSSR count). The third kappa shape index (κ3) is 2.24. The van der Waals surface area contributed by atoms with Crippen molar-refractivity contribution in [3.05, 3.63) is 35.7 Å². The van der Waals surface area contributed by atoms with Gasteiger partial charge in [0.2, 0.25) is 5.89 Å². The molecule has 0 amide bonds. The van der Waals surface area contributed by atoms with Crippen molar-refractivity contribution >= 4 is 0 Å². The number of hydrogen-bond donors (Lipinski definition) is 1. The van der Waals surface area contributed by atoms with E-state index < -0.39 is 0 Å². The highest BCUT2D eigenvalue weighted by Gasteiger charge is 2.29. The largest absolute Gasteiger partial charge is 0.346 e. The molecule has 0 bridgehead atoms. The fourth-order valence-corrected chi connectivity index (χ4v) is 1.82. The van der Waals surface area contributed by atoms with Crippen molar-refractivity contribution in [2.45, 2.75) is 38.3 Å². The van der Waals surface area contributed by atoms with Gasteiger partial charge in [0.1, 0.15) is 0 Å². The van der Waals surface area contributed by atoms with Gasteiger partial charge in [0.15, 0.2) is 5.82 Å². The standard InChI is InChI=1S/C12H16N4O/c1-8(13)10-4-5-16(6-10)7-11-14-12(17-15-11)9-2-3-9/h4-6,8-9H,2-3,7,13H2,1H3.